The van der Waals surface area contributed by atoms with Crippen LogP contribution in [0.15, 0.2) is 43.0 Å². The van der Waals surface area contributed by atoms with Crippen LogP contribution in [-0.4, -0.2) is 21.5 Å². The van der Waals surface area contributed by atoms with E-state index >= 15 is 0 Å². The Morgan fingerprint density at radius 3 is 2.83 bits per heavy atom. The lowest BCUT2D eigenvalue weighted by Crippen LogP contribution is -2.28. The average Bonchev–Trinajstić information content (AvgIpc) is 3.12. The molecule has 3 rings (SSSR count). The Kier molecular flexibility index (Phi) is 7.55. The molecule has 3 N–H and O–H groups in total. The van der Waals surface area contributed by atoms with E-state index in [1.54, 1.807) is 12.5 Å². The molecule has 0 unspecified atom stereocenters. The molecule has 126 valence electrons. The van der Waals surface area contributed by atoms with Gasteiger partial charge >= 0.3 is 0 Å². The van der Waals surface area contributed by atoms with Gasteiger partial charge < -0.3 is 15.6 Å². The molecule has 1 fully saturated rings. The van der Waals surface area contributed by atoms with Crippen molar-refractivity contribution in [2.24, 2.45) is 11.7 Å². The van der Waals surface area contributed by atoms with Crippen LogP contribution in [0.5, 0.6) is 0 Å². The highest BCUT2D eigenvalue weighted by atomic mass is 35.5. The van der Waals surface area contributed by atoms with Gasteiger partial charge in [-0.25, -0.2) is 4.98 Å². The first-order valence-corrected chi connectivity index (χ1v) is 7.36. The number of nitrogens with two attached hydrogens (primary N) is 1. The molecule has 5 nitrogen and oxygen atoms in total. The number of rotatable bonds is 4. The molecule has 0 saturated heterocycles. The first-order valence-electron chi connectivity index (χ1n) is 7.36. The fraction of sp³-hybridized carbons (Fsp3) is 0.375. The molecule has 23 heavy (non-hydrogen) atoms. The fourth-order valence-corrected chi connectivity index (χ4v) is 2.93. The smallest absolute Gasteiger partial charge is 0.224 e. The molecule has 1 aliphatic carbocycles. The SMILES string of the molecule is Cl.Cl.N[C@@H]1CCC[C@H]1CC(=O)Nc1cccc(-n2ccnc2)c1. The van der Waals surface area contributed by atoms with Gasteiger partial charge in [0.05, 0.1) is 6.33 Å². The third kappa shape index (κ3) is 4.96. The summed E-state index contributed by atoms with van der Waals surface area (Å²) >= 11 is 0. The molecule has 7 heteroatoms. The van der Waals surface area contributed by atoms with Gasteiger partial charge in [0.2, 0.25) is 5.91 Å². The number of carbonyl (C=O) groups excluding carboxylic acids is 1. The van der Waals surface area contributed by atoms with Crippen LogP contribution >= 0.6 is 24.8 Å². The van der Waals surface area contributed by atoms with Crippen molar-refractivity contribution in [3.05, 3.63) is 43.0 Å². The van der Waals surface area contributed by atoms with Gasteiger partial charge in [-0.15, -0.1) is 24.8 Å². The third-order valence-electron chi connectivity index (χ3n) is 4.10. The summed E-state index contributed by atoms with van der Waals surface area (Å²) in [5.74, 6) is 0.363. The molecule has 2 atom stereocenters. The zero-order valence-electron chi connectivity index (χ0n) is 12.7. The van der Waals surface area contributed by atoms with E-state index in [-0.39, 0.29) is 36.8 Å². The largest absolute Gasteiger partial charge is 0.327 e. The highest BCUT2D eigenvalue weighted by molar-refractivity contribution is 5.91. The number of benzene rings is 1. The van der Waals surface area contributed by atoms with E-state index < -0.39 is 0 Å². The fourth-order valence-electron chi connectivity index (χ4n) is 2.93. The summed E-state index contributed by atoms with van der Waals surface area (Å²) in [6.45, 7) is 0. The normalized spacial score (nSPS) is 19.5. The molecule has 0 spiro atoms. The van der Waals surface area contributed by atoms with Crippen molar-refractivity contribution in [2.45, 2.75) is 31.7 Å². The van der Waals surface area contributed by atoms with Crippen LogP contribution in [-0.2, 0) is 4.79 Å². The van der Waals surface area contributed by atoms with Gasteiger partial charge in [0, 0.05) is 36.2 Å². The van der Waals surface area contributed by atoms with Crippen molar-refractivity contribution in [3.63, 3.8) is 0 Å². The first-order chi connectivity index (χ1) is 10.2. The zero-order valence-corrected chi connectivity index (χ0v) is 14.4. The molecule has 0 radical (unpaired) electrons. The number of anilines is 1. The molecule has 1 aromatic heterocycles. The Morgan fingerprint density at radius 1 is 1.35 bits per heavy atom. The van der Waals surface area contributed by atoms with Crippen molar-refractivity contribution < 1.29 is 4.79 Å². The van der Waals surface area contributed by atoms with E-state index in [1.165, 1.54) is 0 Å². The minimum absolute atomic E-state index is 0. The zero-order chi connectivity index (χ0) is 14.7. The van der Waals surface area contributed by atoms with E-state index in [2.05, 4.69) is 10.3 Å². The maximum absolute atomic E-state index is 12.1. The van der Waals surface area contributed by atoms with Crippen LogP contribution in [0, 0.1) is 5.92 Å². The molecule has 2 aromatic rings. The Hall–Kier alpha value is -1.56. The van der Waals surface area contributed by atoms with Crippen LogP contribution in [0.1, 0.15) is 25.7 Å². The molecular weight excluding hydrogens is 335 g/mol. The Balaban J connectivity index is 0.00000132. The molecule has 1 heterocycles. The summed E-state index contributed by atoms with van der Waals surface area (Å²) in [5.41, 5.74) is 7.80. The molecule has 1 amide bonds. The molecule has 0 bridgehead atoms. The predicted molar refractivity (Wildman–Crippen MR) is 96.6 cm³/mol. The topological polar surface area (TPSA) is 72.9 Å². The van der Waals surface area contributed by atoms with E-state index in [1.807, 2.05) is 35.0 Å². The van der Waals surface area contributed by atoms with Gasteiger partial charge in [0.1, 0.15) is 0 Å². The van der Waals surface area contributed by atoms with Crippen LogP contribution in [0.2, 0.25) is 0 Å². The second kappa shape index (κ2) is 8.91. The van der Waals surface area contributed by atoms with Gasteiger partial charge in [0.25, 0.3) is 0 Å². The minimum atomic E-state index is 0. The summed E-state index contributed by atoms with van der Waals surface area (Å²) in [5, 5.41) is 2.96. The molecule has 1 aromatic carbocycles. The average molecular weight is 357 g/mol. The number of aromatic nitrogens is 2. The van der Waals surface area contributed by atoms with E-state index in [0.717, 1.165) is 30.6 Å². The van der Waals surface area contributed by atoms with E-state index in [0.29, 0.717) is 12.3 Å². The molecular formula is C16H22Cl2N4O. The Bertz CT molecular complexity index is 618. The third-order valence-corrected chi connectivity index (χ3v) is 4.10. The number of carbonyl (C=O) groups is 1. The van der Waals surface area contributed by atoms with Crippen molar-refractivity contribution in [1.82, 2.24) is 9.55 Å². The van der Waals surface area contributed by atoms with Crippen molar-refractivity contribution in [3.8, 4) is 5.69 Å². The number of hydrogen-bond donors (Lipinski definition) is 2. The van der Waals surface area contributed by atoms with Crippen LogP contribution in [0.3, 0.4) is 0 Å². The van der Waals surface area contributed by atoms with Crippen LogP contribution in [0.4, 0.5) is 5.69 Å². The summed E-state index contributed by atoms with van der Waals surface area (Å²) in [4.78, 5) is 16.2. The van der Waals surface area contributed by atoms with Crippen molar-refractivity contribution in [2.75, 3.05) is 5.32 Å². The highest BCUT2D eigenvalue weighted by Crippen LogP contribution is 2.27. The lowest BCUT2D eigenvalue weighted by molar-refractivity contribution is -0.117. The van der Waals surface area contributed by atoms with Crippen LogP contribution in [0.25, 0.3) is 5.69 Å². The van der Waals surface area contributed by atoms with Crippen LogP contribution < -0.4 is 11.1 Å². The molecule has 1 saturated carbocycles. The first kappa shape index (κ1) is 19.5. The van der Waals surface area contributed by atoms with Crippen molar-refractivity contribution >= 4 is 36.4 Å². The van der Waals surface area contributed by atoms with Gasteiger partial charge in [-0.3, -0.25) is 4.79 Å². The lowest BCUT2D eigenvalue weighted by Gasteiger charge is -2.15. The molecule has 1 aliphatic rings. The number of hydrogen-bond acceptors (Lipinski definition) is 3. The van der Waals surface area contributed by atoms with E-state index in [9.17, 15) is 4.79 Å². The number of amides is 1. The minimum Gasteiger partial charge on any atom is -0.327 e. The quantitative estimate of drug-likeness (QED) is 0.883. The second-order valence-electron chi connectivity index (χ2n) is 5.63. The highest BCUT2D eigenvalue weighted by Gasteiger charge is 2.25. The van der Waals surface area contributed by atoms with Gasteiger partial charge in [-0.05, 0) is 37.0 Å². The summed E-state index contributed by atoms with van der Waals surface area (Å²) in [6, 6.07) is 7.91. The number of nitrogens with zero attached hydrogens (tertiary/aromatic N) is 2. The number of nitrogens with one attached hydrogen (secondary N) is 1. The maximum Gasteiger partial charge on any atom is 0.224 e. The maximum atomic E-state index is 12.1. The van der Waals surface area contributed by atoms with Crippen molar-refractivity contribution in [1.29, 1.82) is 0 Å². The summed E-state index contributed by atoms with van der Waals surface area (Å²) in [6.07, 6.45) is 9.08. The van der Waals surface area contributed by atoms with Gasteiger partial charge in [-0.2, -0.15) is 0 Å². The van der Waals surface area contributed by atoms with Gasteiger partial charge in [-0.1, -0.05) is 12.5 Å². The Morgan fingerprint density at radius 2 is 2.17 bits per heavy atom. The predicted octanol–water partition coefficient (Wildman–Crippen LogP) is 3.17. The summed E-state index contributed by atoms with van der Waals surface area (Å²) in [7, 11) is 0. The lowest BCUT2D eigenvalue weighted by atomic mass is 10.00. The monoisotopic (exact) mass is 356 g/mol. The molecule has 0 aliphatic heterocycles. The van der Waals surface area contributed by atoms with Gasteiger partial charge in [0.15, 0.2) is 0 Å². The second-order valence-corrected chi connectivity index (χ2v) is 5.63. The van der Waals surface area contributed by atoms with E-state index in [4.69, 9.17) is 5.73 Å². The number of imidazole rings is 1. The Labute approximate surface area is 148 Å². The number of halogens is 2. The standard InChI is InChI=1S/C16H20N4O.2ClH/c17-15-6-1-3-12(15)9-16(21)19-13-4-2-5-14(10-13)20-8-7-18-11-20;;/h2,4-5,7-8,10-12,15H,1,3,6,9,17H2,(H,19,21);2*1H/t12-,15+;;/m0../s1. The summed E-state index contributed by atoms with van der Waals surface area (Å²) < 4.78 is 1.91.